The van der Waals surface area contributed by atoms with Gasteiger partial charge >= 0.3 is 0 Å². The van der Waals surface area contributed by atoms with Crippen molar-refractivity contribution < 1.29 is 9.53 Å². The van der Waals surface area contributed by atoms with Gasteiger partial charge in [0.15, 0.2) is 0 Å². The Labute approximate surface area is 174 Å². The first kappa shape index (κ1) is 18.5. The molecule has 2 aromatic carbocycles. The van der Waals surface area contributed by atoms with E-state index in [1.807, 2.05) is 58.1 Å². The molecule has 2 atom stereocenters. The molecular weight excluding hydrogens is 382 g/mol. The van der Waals surface area contributed by atoms with Crippen LogP contribution in [0.1, 0.15) is 23.8 Å². The molecule has 5 nitrogen and oxygen atoms in total. The van der Waals surface area contributed by atoms with Crippen LogP contribution in [0.25, 0.3) is 16.9 Å². The van der Waals surface area contributed by atoms with Crippen LogP contribution in [0.4, 0.5) is 0 Å². The number of thioether (sulfide) groups is 1. The van der Waals surface area contributed by atoms with Crippen molar-refractivity contribution in [1.82, 2.24) is 14.7 Å². The maximum atomic E-state index is 12.7. The van der Waals surface area contributed by atoms with Gasteiger partial charge in [-0.05, 0) is 25.0 Å². The van der Waals surface area contributed by atoms with Crippen molar-refractivity contribution in [2.45, 2.75) is 24.3 Å². The van der Waals surface area contributed by atoms with Gasteiger partial charge in [-0.1, -0.05) is 48.5 Å². The molecule has 2 fully saturated rings. The fraction of sp³-hybridized carbons (Fsp3) is 0.304. The van der Waals surface area contributed by atoms with Crippen LogP contribution in [0.3, 0.4) is 0 Å². The number of hydrogen-bond donors (Lipinski definition) is 0. The minimum absolute atomic E-state index is 0.0423. The second-order valence-electron chi connectivity index (χ2n) is 7.42. The number of para-hydroxylation sites is 1. The van der Waals surface area contributed by atoms with Crippen molar-refractivity contribution in [3.05, 3.63) is 72.4 Å². The van der Waals surface area contributed by atoms with Crippen molar-refractivity contribution in [3.8, 4) is 16.9 Å². The lowest BCUT2D eigenvalue weighted by Crippen LogP contribution is -2.35. The number of rotatable bonds is 5. The van der Waals surface area contributed by atoms with E-state index in [-0.39, 0.29) is 17.4 Å². The van der Waals surface area contributed by atoms with Crippen LogP contribution in [0.5, 0.6) is 0 Å². The van der Waals surface area contributed by atoms with Gasteiger partial charge in [-0.25, -0.2) is 4.68 Å². The highest BCUT2D eigenvalue weighted by atomic mass is 32.2. The number of nitrogens with zero attached hydrogens (tertiary/aromatic N) is 3. The number of benzene rings is 2. The summed E-state index contributed by atoms with van der Waals surface area (Å²) < 4.78 is 7.73. The largest absolute Gasteiger partial charge is 0.376 e. The van der Waals surface area contributed by atoms with Gasteiger partial charge in [0.2, 0.25) is 5.91 Å². The Hall–Kier alpha value is -2.57. The summed E-state index contributed by atoms with van der Waals surface area (Å²) in [6.07, 6.45) is 4.32. The lowest BCUT2D eigenvalue weighted by atomic mass is 10.1. The molecule has 2 saturated heterocycles. The van der Waals surface area contributed by atoms with Gasteiger partial charge in [0.1, 0.15) is 5.37 Å². The van der Waals surface area contributed by atoms with E-state index in [0.29, 0.717) is 12.3 Å². The number of ether oxygens (including phenoxy) is 1. The zero-order valence-electron chi connectivity index (χ0n) is 16.1. The molecule has 6 heteroatoms. The third-order valence-corrected chi connectivity index (χ3v) is 6.71. The lowest BCUT2D eigenvalue weighted by molar-refractivity contribution is -0.129. The summed E-state index contributed by atoms with van der Waals surface area (Å²) in [5.74, 6) is 0.684. The van der Waals surface area contributed by atoms with E-state index in [4.69, 9.17) is 9.84 Å². The smallest absolute Gasteiger partial charge is 0.233 e. The summed E-state index contributed by atoms with van der Waals surface area (Å²) in [5.41, 5.74) is 4.08. The van der Waals surface area contributed by atoms with E-state index < -0.39 is 0 Å². The maximum Gasteiger partial charge on any atom is 0.233 e. The summed E-state index contributed by atoms with van der Waals surface area (Å²) >= 11 is 1.68. The van der Waals surface area contributed by atoms with Crippen molar-refractivity contribution >= 4 is 17.7 Å². The van der Waals surface area contributed by atoms with Crippen molar-refractivity contribution in [3.63, 3.8) is 0 Å². The number of amides is 1. The molecule has 2 aliphatic rings. The molecule has 0 radical (unpaired) electrons. The topological polar surface area (TPSA) is 47.4 Å². The maximum absolute atomic E-state index is 12.7. The predicted molar refractivity (Wildman–Crippen MR) is 115 cm³/mol. The van der Waals surface area contributed by atoms with Crippen molar-refractivity contribution in [2.75, 3.05) is 18.9 Å². The molecule has 0 N–H and O–H groups in total. The third kappa shape index (κ3) is 3.70. The molecule has 0 spiro atoms. The molecule has 29 heavy (non-hydrogen) atoms. The van der Waals surface area contributed by atoms with Crippen LogP contribution in [-0.2, 0) is 9.53 Å². The van der Waals surface area contributed by atoms with Crippen molar-refractivity contribution in [1.29, 1.82) is 0 Å². The Morgan fingerprint density at radius 2 is 1.83 bits per heavy atom. The summed E-state index contributed by atoms with van der Waals surface area (Å²) in [5, 5.41) is 4.88. The predicted octanol–water partition coefficient (Wildman–Crippen LogP) is 4.29. The molecular formula is C23H23N3O2S. The van der Waals surface area contributed by atoms with E-state index in [1.54, 1.807) is 11.8 Å². The number of carbonyl (C=O) groups is 1. The first-order valence-corrected chi connectivity index (χ1v) is 11.1. The zero-order chi connectivity index (χ0) is 19.6. The number of aromatic nitrogens is 2. The van der Waals surface area contributed by atoms with Crippen LogP contribution in [0, 0.1) is 0 Å². The Balaban J connectivity index is 1.55. The van der Waals surface area contributed by atoms with E-state index in [2.05, 4.69) is 18.3 Å². The highest BCUT2D eigenvalue weighted by molar-refractivity contribution is 8.00. The monoisotopic (exact) mass is 405 g/mol. The van der Waals surface area contributed by atoms with Gasteiger partial charge < -0.3 is 9.64 Å². The number of carbonyl (C=O) groups excluding carboxylic acids is 1. The Kier molecular flexibility index (Phi) is 5.12. The fourth-order valence-corrected chi connectivity index (χ4v) is 5.22. The molecule has 1 amide bonds. The van der Waals surface area contributed by atoms with Crippen LogP contribution in [-0.4, -0.2) is 45.6 Å². The summed E-state index contributed by atoms with van der Waals surface area (Å²) in [6, 6.07) is 20.3. The van der Waals surface area contributed by atoms with E-state index in [0.717, 1.165) is 42.0 Å². The van der Waals surface area contributed by atoms with Crippen LogP contribution in [0.15, 0.2) is 66.9 Å². The average Bonchev–Trinajstić information content (AvgIpc) is 3.51. The molecule has 3 heterocycles. The van der Waals surface area contributed by atoms with Gasteiger partial charge in [0.05, 0.1) is 23.2 Å². The minimum Gasteiger partial charge on any atom is -0.376 e. The Morgan fingerprint density at radius 3 is 2.55 bits per heavy atom. The fourth-order valence-electron chi connectivity index (χ4n) is 4.02. The van der Waals surface area contributed by atoms with Gasteiger partial charge in [0, 0.05) is 30.5 Å². The average molecular weight is 406 g/mol. The molecule has 2 aliphatic heterocycles. The van der Waals surface area contributed by atoms with E-state index in [9.17, 15) is 4.79 Å². The van der Waals surface area contributed by atoms with Gasteiger partial charge in [-0.3, -0.25) is 4.79 Å². The Morgan fingerprint density at radius 1 is 1.07 bits per heavy atom. The normalized spacial score (nSPS) is 21.8. The molecule has 148 valence electrons. The number of hydrogen-bond acceptors (Lipinski definition) is 4. The highest BCUT2D eigenvalue weighted by Gasteiger charge is 2.37. The van der Waals surface area contributed by atoms with Gasteiger partial charge in [-0.15, -0.1) is 11.8 Å². The third-order valence-electron chi connectivity index (χ3n) is 5.47. The zero-order valence-corrected chi connectivity index (χ0v) is 16.9. The molecule has 3 aromatic rings. The first-order chi connectivity index (χ1) is 14.3. The molecule has 2 unspecified atom stereocenters. The molecule has 0 aliphatic carbocycles. The van der Waals surface area contributed by atoms with Crippen molar-refractivity contribution in [2.24, 2.45) is 0 Å². The second kappa shape index (κ2) is 8.05. The summed E-state index contributed by atoms with van der Waals surface area (Å²) in [4.78, 5) is 14.7. The summed E-state index contributed by atoms with van der Waals surface area (Å²) in [7, 11) is 0. The molecule has 1 aromatic heterocycles. The first-order valence-electron chi connectivity index (χ1n) is 10.0. The van der Waals surface area contributed by atoms with Crippen LogP contribution >= 0.6 is 11.8 Å². The standard InChI is InChI=1S/C23H23N3O2S/c27-21-16-29-23(25(21)14-19-12-7-13-28-19)20-15-26(18-10-5-2-6-11-18)24-22(20)17-8-3-1-4-9-17/h1-6,8-11,15,19,23H,7,12-14,16H2. The second-order valence-corrected chi connectivity index (χ2v) is 8.49. The highest BCUT2D eigenvalue weighted by Crippen LogP contribution is 2.43. The van der Waals surface area contributed by atoms with Crippen LogP contribution in [0.2, 0.25) is 0 Å². The minimum atomic E-state index is -0.0423. The SMILES string of the molecule is O=C1CSC(c2cn(-c3ccccc3)nc2-c2ccccc2)N1CC1CCCO1. The van der Waals surface area contributed by atoms with Gasteiger partial charge in [0.25, 0.3) is 0 Å². The van der Waals surface area contributed by atoms with E-state index >= 15 is 0 Å². The summed E-state index contributed by atoms with van der Waals surface area (Å²) in [6.45, 7) is 1.45. The lowest BCUT2D eigenvalue weighted by Gasteiger charge is -2.26. The van der Waals surface area contributed by atoms with Gasteiger partial charge in [-0.2, -0.15) is 5.10 Å². The van der Waals surface area contributed by atoms with E-state index in [1.165, 1.54) is 0 Å². The Bertz CT molecular complexity index is 984. The molecule has 0 saturated carbocycles. The quantitative estimate of drug-likeness (QED) is 0.635. The molecule has 5 rings (SSSR count). The molecule has 0 bridgehead atoms. The van der Waals surface area contributed by atoms with Crippen LogP contribution < -0.4 is 0 Å².